The van der Waals surface area contributed by atoms with Crippen LogP contribution >= 0.6 is 0 Å². The monoisotopic (exact) mass is 461 g/mol. The molecule has 1 fully saturated rings. The SMILES string of the molecule is CC(C)[C@H](N)C(=O)N(C)[C@H](Cc1ccccc1)C(=O)N[C@@H](CCCN)C(=O)N1CC[C@@H](O)C1. The minimum absolute atomic E-state index is 0.0825. The third-order valence-electron chi connectivity index (χ3n) is 6.18. The van der Waals surface area contributed by atoms with Gasteiger partial charge in [-0.2, -0.15) is 0 Å². The summed E-state index contributed by atoms with van der Waals surface area (Å²) in [6, 6.07) is 7.08. The van der Waals surface area contributed by atoms with Crippen molar-refractivity contribution in [2.45, 2.75) is 63.8 Å². The fraction of sp³-hybridized carbons (Fsp3) is 0.625. The third kappa shape index (κ3) is 7.52. The van der Waals surface area contributed by atoms with E-state index in [1.807, 2.05) is 44.2 Å². The zero-order chi connectivity index (χ0) is 24.5. The zero-order valence-corrected chi connectivity index (χ0v) is 19.9. The quantitative estimate of drug-likeness (QED) is 0.361. The van der Waals surface area contributed by atoms with Crippen molar-refractivity contribution in [2.24, 2.45) is 17.4 Å². The molecule has 0 unspecified atom stereocenters. The Morgan fingerprint density at radius 3 is 2.45 bits per heavy atom. The molecule has 1 aromatic carbocycles. The number of nitrogens with zero attached hydrogens (tertiary/aromatic N) is 2. The molecule has 0 saturated carbocycles. The second-order valence-electron chi connectivity index (χ2n) is 9.14. The lowest BCUT2D eigenvalue weighted by atomic mass is 9.99. The molecule has 0 spiro atoms. The van der Waals surface area contributed by atoms with E-state index in [4.69, 9.17) is 11.5 Å². The van der Waals surface area contributed by atoms with E-state index in [1.54, 1.807) is 11.9 Å². The minimum atomic E-state index is -0.831. The lowest BCUT2D eigenvalue weighted by Crippen LogP contribution is -2.57. The van der Waals surface area contributed by atoms with Crippen LogP contribution in [0.3, 0.4) is 0 Å². The number of nitrogens with one attached hydrogen (secondary N) is 1. The molecule has 4 atom stereocenters. The third-order valence-corrected chi connectivity index (χ3v) is 6.18. The Hall–Kier alpha value is -2.49. The Labute approximate surface area is 196 Å². The highest BCUT2D eigenvalue weighted by Crippen LogP contribution is 2.15. The van der Waals surface area contributed by atoms with Gasteiger partial charge >= 0.3 is 0 Å². The van der Waals surface area contributed by atoms with E-state index < -0.39 is 30.1 Å². The first-order valence-corrected chi connectivity index (χ1v) is 11.7. The number of β-amino-alcohol motifs (C(OH)–C–C–N with tert-alkyl or cyclic N) is 1. The molecule has 0 radical (unpaired) electrons. The van der Waals surface area contributed by atoms with Crippen LogP contribution in [0.5, 0.6) is 0 Å². The number of benzene rings is 1. The van der Waals surface area contributed by atoms with Crippen LogP contribution in [-0.4, -0.2) is 83.5 Å². The van der Waals surface area contributed by atoms with Gasteiger partial charge in [0.1, 0.15) is 12.1 Å². The average Bonchev–Trinajstić information content (AvgIpc) is 3.24. The summed E-state index contributed by atoms with van der Waals surface area (Å²) in [7, 11) is 1.57. The van der Waals surface area contributed by atoms with Crippen molar-refractivity contribution in [3.05, 3.63) is 35.9 Å². The molecular formula is C24H39N5O4. The summed E-state index contributed by atoms with van der Waals surface area (Å²) < 4.78 is 0. The number of likely N-dealkylation sites (N-methyl/N-ethyl adjacent to an activating group) is 1. The zero-order valence-electron chi connectivity index (χ0n) is 19.9. The Balaban J connectivity index is 2.24. The van der Waals surface area contributed by atoms with E-state index in [1.165, 1.54) is 4.90 Å². The smallest absolute Gasteiger partial charge is 0.245 e. The Morgan fingerprint density at radius 1 is 1.24 bits per heavy atom. The van der Waals surface area contributed by atoms with Gasteiger partial charge < -0.3 is 31.7 Å². The van der Waals surface area contributed by atoms with E-state index in [-0.39, 0.29) is 24.3 Å². The minimum Gasteiger partial charge on any atom is -0.391 e. The van der Waals surface area contributed by atoms with E-state index in [0.29, 0.717) is 38.8 Å². The number of aliphatic hydroxyl groups is 1. The van der Waals surface area contributed by atoms with Crippen molar-refractivity contribution >= 4 is 17.7 Å². The molecule has 6 N–H and O–H groups in total. The topological polar surface area (TPSA) is 142 Å². The number of carbonyl (C=O) groups is 3. The maximum Gasteiger partial charge on any atom is 0.245 e. The van der Waals surface area contributed by atoms with Crippen molar-refractivity contribution in [3.8, 4) is 0 Å². The van der Waals surface area contributed by atoms with Crippen molar-refractivity contribution in [2.75, 3.05) is 26.7 Å². The van der Waals surface area contributed by atoms with Gasteiger partial charge in [0.2, 0.25) is 17.7 Å². The standard InChI is InChI=1S/C24H39N5O4/c1-16(2)21(26)24(33)28(3)20(14-17-8-5-4-6-9-17)22(31)27-19(10-7-12-25)23(32)29-13-11-18(30)15-29/h4-6,8-9,16,18-21,30H,7,10-15,25-26H2,1-3H3,(H,27,31)/t18-,19+,20-,21+/m1/s1. The number of rotatable bonds is 11. The first-order chi connectivity index (χ1) is 15.6. The van der Waals surface area contributed by atoms with Gasteiger partial charge in [0.25, 0.3) is 0 Å². The molecule has 1 aliphatic rings. The van der Waals surface area contributed by atoms with Crippen LogP contribution in [0.4, 0.5) is 0 Å². The summed E-state index contributed by atoms with van der Waals surface area (Å²) in [5.41, 5.74) is 12.6. The summed E-state index contributed by atoms with van der Waals surface area (Å²) >= 11 is 0. The number of hydrogen-bond donors (Lipinski definition) is 4. The molecule has 1 saturated heterocycles. The highest BCUT2D eigenvalue weighted by molar-refractivity contribution is 5.93. The second kappa shape index (κ2) is 12.7. The molecule has 9 nitrogen and oxygen atoms in total. The van der Waals surface area contributed by atoms with Crippen LogP contribution in [0.2, 0.25) is 0 Å². The fourth-order valence-corrected chi connectivity index (χ4v) is 3.93. The highest BCUT2D eigenvalue weighted by atomic mass is 16.3. The van der Waals surface area contributed by atoms with Crippen molar-refractivity contribution in [1.82, 2.24) is 15.1 Å². The number of carbonyl (C=O) groups excluding carboxylic acids is 3. The number of likely N-dealkylation sites (tertiary alicyclic amines) is 1. The average molecular weight is 462 g/mol. The number of aliphatic hydroxyl groups excluding tert-OH is 1. The van der Waals surface area contributed by atoms with E-state index in [0.717, 1.165) is 5.56 Å². The number of nitrogens with two attached hydrogens (primary N) is 2. The van der Waals surface area contributed by atoms with Gasteiger partial charge in [-0.3, -0.25) is 14.4 Å². The second-order valence-corrected chi connectivity index (χ2v) is 9.14. The molecule has 0 aliphatic carbocycles. The van der Waals surface area contributed by atoms with Gasteiger partial charge in [0.05, 0.1) is 12.1 Å². The first-order valence-electron chi connectivity index (χ1n) is 11.7. The Morgan fingerprint density at radius 2 is 1.91 bits per heavy atom. The summed E-state index contributed by atoms with van der Waals surface area (Å²) in [4.78, 5) is 42.4. The molecule has 9 heteroatoms. The normalized spacial score (nSPS) is 18.6. The van der Waals surface area contributed by atoms with E-state index >= 15 is 0 Å². The number of amides is 3. The van der Waals surface area contributed by atoms with Crippen LogP contribution in [-0.2, 0) is 20.8 Å². The molecular weight excluding hydrogens is 422 g/mol. The predicted molar refractivity (Wildman–Crippen MR) is 127 cm³/mol. The van der Waals surface area contributed by atoms with Gasteiger partial charge in [-0.25, -0.2) is 0 Å². The highest BCUT2D eigenvalue weighted by Gasteiger charge is 2.35. The molecule has 0 bridgehead atoms. The molecule has 1 aromatic rings. The molecule has 33 heavy (non-hydrogen) atoms. The van der Waals surface area contributed by atoms with Gasteiger partial charge in [0.15, 0.2) is 0 Å². The predicted octanol–water partition coefficient (Wildman–Crippen LogP) is -0.144. The summed E-state index contributed by atoms with van der Waals surface area (Å²) in [5, 5.41) is 12.7. The van der Waals surface area contributed by atoms with Crippen LogP contribution < -0.4 is 16.8 Å². The molecule has 0 aromatic heterocycles. The van der Waals surface area contributed by atoms with Gasteiger partial charge in [-0.05, 0) is 37.3 Å². The van der Waals surface area contributed by atoms with Gasteiger partial charge in [-0.15, -0.1) is 0 Å². The Kier molecular flexibility index (Phi) is 10.3. The molecule has 1 heterocycles. The first kappa shape index (κ1) is 26.8. The van der Waals surface area contributed by atoms with Crippen molar-refractivity contribution in [3.63, 3.8) is 0 Å². The summed E-state index contributed by atoms with van der Waals surface area (Å²) in [6.45, 7) is 4.80. The van der Waals surface area contributed by atoms with Crippen molar-refractivity contribution in [1.29, 1.82) is 0 Å². The molecule has 2 rings (SSSR count). The van der Waals surface area contributed by atoms with Crippen molar-refractivity contribution < 1.29 is 19.5 Å². The van der Waals surface area contributed by atoms with E-state index in [9.17, 15) is 19.5 Å². The summed E-state index contributed by atoms with van der Waals surface area (Å²) in [6.07, 6.45) is 1.20. The molecule has 1 aliphatic heterocycles. The largest absolute Gasteiger partial charge is 0.391 e. The Bertz CT molecular complexity index is 788. The fourth-order valence-electron chi connectivity index (χ4n) is 3.93. The number of hydrogen-bond acceptors (Lipinski definition) is 6. The molecule has 3 amide bonds. The lowest BCUT2D eigenvalue weighted by molar-refractivity contribution is -0.142. The summed E-state index contributed by atoms with van der Waals surface area (Å²) in [5.74, 6) is -1.06. The van der Waals surface area contributed by atoms with Gasteiger partial charge in [0, 0.05) is 26.6 Å². The van der Waals surface area contributed by atoms with Crippen LogP contribution in [0.25, 0.3) is 0 Å². The maximum atomic E-state index is 13.4. The van der Waals surface area contributed by atoms with Crippen LogP contribution in [0, 0.1) is 5.92 Å². The molecule has 184 valence electrons. The van der Waals surface area contributed by atoms with Gasteiger partial charge in [-0.1, -0.05) is 44.2 Å². The van der Waals surface area contributed by atoms with E-state index in [2.05, 4.69) is 5.32 Å². The maximum absolute atomic E-state index is 13.4. The van der Waals surface area contributed by atoms with Crippen LogP contribution in [0.1, 0.15) is 38.7 Å². The lowest BCUT2D eigenvalue weighted by Gasteiger charge is -2.32. The van der Waals surface area contributed by atoms with Crippen LogP contribution in [0.15, 0.2) is 30.3 Å².